The van der Waals surface area contributed by atoms with Crippen molar-refractivity contribution in [1.29, 1.82) is 0 Å². The van der Waals surface area contributed by atoms with E-state index in [-0.39, 0.29) is 30.1 Å². The first-order valence-corrected chi connectivity index (χ1v) is 8.14. The molecule has 1 atom stereocenters. The van der Waals surface area contributed by atoms with Crippen molar-refractivity contribution in [2.45, 2.75) is 38.8 Å². The molecular formula is C17H23ClF2N4O2. The summed E-state index contributed by atoms with van der Waals surface area (Å²) in [6.07, 6.45) is 4.18. The number of aromatic nitrogens is 2. The van der Waals surface area contributed by atoms with Crippen LogP contribution in [0.3, 0.4) is 0 Å². The van der Waals surface area contributed by atoms with E-state index in [2.05, 4.69) is 27.2 Å². The molecule has 2 rings (SSSR count). The minimum atomic E-state index is -2.91. The topological polar surface area (TPSA) is 93.0 Å². The second-order valence-corrected chi connectivity index (χ2v) is 5.61. The van der Waals surface area contributed by atoms with Crippen molar-refractivity contribution in [1.82, 2.24) is 15.5 Å². The summed E-state index contributed by atoms with van der Waals surface area (Å²) in [6, 6.07) is 5.97. The quantitative estimate of drug-likeness (QED) is 0.614. The van der Waals surface area contributed by atoms with E-state index in [0.29, 0.717) is 23.4 Å². The Bertz CT molecular complexity index is 697. The third-order valence-corrected chi connectivity index (χ3v) is 3.76. The lowest BCUT2D eigenvalue weighted by molar-refractivity contribution is -0.0498. The Kier molecular flexibility index (Phi) is 9.01. The summed E-state index contributed by atoms with van der Waals surface area (Å²) in [5, 5.41) is 9.52. The molecule has 4 N–H and O–H groups in total. The molecule has 0 aliphatic rings. The molecule has 0 saturated heterocycles. The smallest absolute Gasteiger partial charge is 0.387 e. The number of aromatic amines is 1. The van der Waals surface area contributed by atoms with Gasteiger partial charge in [0.15, 0.2) is 0 Å². The fourth-order valence-electron chi connectivity index (χ4n) is 2.47. The largest absolute Gasteiger partial charge is 0.435 e. The van der Waals surface area contributed by atoms with E-state index in [0.717, 1.165) is 19.3 Å². The van der Waals surface area contributed by atoms with E-state index in [9.17, 15) is 13.6 Å². The predicted octanol–water partition coefficient (Wildman–Crippen LogP) is 3.35. The molecule has 1 aromatic heterocycles. The number of ether oxygens (including phenoxy) is 1. The lowest BCUT2D eigenvalue weighted by Gasteiger charge is -2.16. The minimum absolute atomic E-state index is 0. The Morgan fingerprint density at radius 3 is 2.85 bits per heavy atom. The van der Waals surface area contributed by atoms with Crippen molar-refractivity contribution in [3.05, 3.63) is 36.0 Å². The summed E-state index contributed by atoms with van der Waals surface area (Å²) in [7, 11) is 0. The van der Waals surface area contributed by atoms with Crippen molar-refractivity contribution >= 4 is 18.3 Å². The highest BCUT2D eigenvalue weighted by atomic mass is 35.5. The third-order valence-electron chi connectivity index (χ3n) is 3.76. The third kappa shape index (κ3) is 5.96. The SMILES string of the molecule is CCCCC(CN)NC(=O)c1cn[nH]c1-c1cccc(OC(F)F)c1.Cl. The minimum Gasteiger partial charge on any atom is -0.435 e. The number of nitrogens with one attached hydrogen (secondary N) is 2. The maximum absolute atomic E-state index is 12.5. The average molecular weight is 389 g/mol. The molecular weight excluding hydrogens is 366 g/mol. The maximum Gasteiger partial charge on any atom is 0.387 e. The molecule has 26 heavy (non-hydrogen) atoms. The molecule has 1 unspecified atom stereocenters. The molecule has 0 aliphatic carbocycles. The van der Waals surface area contributed by atoms with Crippen LogP contribution in [0.2, 0.25) is 0 Å². The molecule has 0 spiro atoms. The number of unbranched alkanes of at least 4 members (excludes halogenated alkanes) is 1. The van der Waals surface area contributed by atoms with E-state index in [1.807, 2.05) is 0 Å². The molecule has 2 aromatic rings. The van der Waals surface area contributed by atoms with Crippen LogP contribution in [-0.2, 0) is 0 Å². The fraction of sp³-hybridized carbons (Fsp3) is 0.412. The highest BCUT2D eigenvalue weighted by Gasteiger charge is 2.18. The molecule has 1 aromatic carbocycles. The first-order valence-electron chi connectivity index (χ1n) is 8.14. The number of nitrogens with two attached hydrogens (primary N) is 1. The lowest BCUT2D eigenvalue weighted by atomic mass is 10.1. The van der Waals surface area contributed by atoms with Gasteiger partial charge in [-0.2, -0.15) is 13.9 Å². The molecule has 1 amide bonds. The van der Waals surface area contributed by atoms with Gasteiger partial charge < -0.3 is 15.8 Å². The van der Waals surface area contributed by atoms with Crippen LogP contribution in [0.1, 0.15) is 36.5 Å². The van der Waals surface area contributed by atoms with Gasteiger partial charge in [0.2, 0.25) is 0 Å². The number of alkyl halides is 2. The summed E-state index contributed by atoms with van der Waals surface area (Å²) >= 11 is 0. The van der Waals surface area contributed by atoms with Crippen LogP contribution >= 0.6 is 12.4 Å². The normalized spacial score (nSPS) is 11.7. The molecule has 9 heteroatoms. The number of hydrogen-bond acceptors (Lipinski definition) is 4. The second kappa shape index (κ2) is 10.7. The summed E-state index contributed by atoms with van der Waals surface area (Å²) < 4.78 is 29.1. The lowest BCUT2D eigenvalue weighted by Crippen LogP contribution is -2.40. The van der Waals surface area contributed by atoms with Gasteiger partial charge in [-0.25, -0.2) is 0 Å². The van der Waals surface area contributed by atoms with Crippen molar-refractivity contribution in [3.8, 4) is 17.0 Å². The first-order chi connectivity index (χ1) is 12.0. The second-order valence-electron chi connectivity index (χ2n) is 5.61. The van der Waals surface area contributed by atoms with Crippen LogP contribution < -0.4 is 15.8 Å². The molecule has 0 radical (unpaired) electrons. The van der Waals surface area contributed by atoms with Crippen molar-refractivity contribution in [3.63, 3.8) is 0 Å². The number of amides is 1. The summed E-state index contributed by atoms with van der Waals surface area (Å²) in [5.74, 6) is -0.299. The van der Waals surface area contributed by atoms with E-state index in [1.54, 1.807) is 12.1 Å². The molecule has 0 aliphatic heterocycles. The van der Waals surface area contributed by atoms with Gasteiger partial charge in [0.25, 0.3) is 5.91 Å². The number of H-pyrrole nitrogens is 1. The standard InChI is InChI=1S/C17H22F2N4O2.ClH/c1-2-3-6-12(9-20)22-16(24)14-10-21-23-15(14)11-5-4-7-13(8-11)25-17(18)19;/h4-5,7-8,10,12,17H,2-3,6,9,20H2,1H3,(H,21,23)(H,22,24);1H. The zero-order chi connectivity index (χ0) is 18.2. The zero-order valence-electron chi connectivity index (χ0n) is 14.4. The highest BCUT2D eigenvalue weighted by Crippen LogP contribution is 2.26. The molecule has 144 valence electrons. The Morgan fingerprint density at radius 2 is 2.19 bits per heavy atom. The number of carbonyl (C=O) groups is 1. The molecule has 0 bridgehead atoms. The average Bonchev–Trinajstić information content (AvgIpc) is 3.08. The number of carbonyl (C=O) groups excluding carboxylic acids is 1. The van der Waals surface area contributed by atoms with Gasteiger partial charge in [-0.15, -0.1) is 12.4 Å². The zero-order valence-corrected chi connectivity index (χ0v) is 15.2. The molecule has 1 heterocycles. The van der Waals surface area contributed by atoms with Gasteiger partial charge in [0.05, 0.1) is 17.5 Å². The van der Waals surface area contributed by atoms with Gasteiger partial charge in [-0.3, -0.25) is 9.89 Å². The van der Waals surface area contributed by atoms with Crippen LogP contribution in [0, 0.1) is 0 Å². The fourth-order valence-corrected chi connectivity index (χ4v) is 2.47. The van der Waals surface area contributed by atoms with Crippen LogP contribution in [0.5, 0.6) is 5.75 Å². The van der Waals surface area contributed by atoms with Gasteiger partial charge in [0.1, 0.15) is 5.75 Å². The first kappa shape index (κ1) is 21.9. The Morgan fingerprint density at radius 1 is 1.42 bits per heavy atom. The van der Waals surface area contributed by atoms with Crippen LogP contribution in [0.4, 0.5) is 8.78 Å². The number of nitrogens with zero attached hydrogens (tertiary/aromatic N) is 1. The number of hydrogen-bond donors (Lipinski definition) is 3. The molecule has 6 nitrogen and oxygen atoms in total. The molecule has 0 saturated carbocycles. The van der Waals surface area contributed by atoms with Gasteiger partial charge in [-0.05, 0) is 18.6 Å². The van der Waals surface area contributed by atoms with Crippen molar-refractivity contribution in [2.24, 2.45) is 5.73 Å². The Labute approximate surface area is 156 Å². The Hall–Kier alpha value is -2.19. The van der Waals surface area contributed by atoms with Gasteiger partial charge >= 0.3 is 6.61 Å². The number of halogens is 3. The van der Waals surface area contributed by atoms with Crippen molar-refractivity contribution in [2.75, 3.05) is 6.54 Å². The van der Waals surface area contributed by atoms with Gasteiger partial charge in [0, 0.05) is 18.2 Å². The number of benzene rings is 1. The maximum atomic E-state index is 12.5. The summed E-state index contributed by atoms with van der Waals surface area (Å²) in [4.78, 5) is 12.5. The van der Waals surface area contributed by atoms with E-state index < -0.39 is 6.61 Å². The van der Waals surface area contributed by atoms with Crippen LogP contribution in [-0.4, -0.2) is 35.3 Å². The van der Waals surface area contributed by atoms with Gasteiger partial charge in [-0.1, -0.05) is 31.9 Å². The Balaban J connectivity index is 0.00000338. The van der Waals surface area contributed by atoms with Crippen LogP contribution in [0.25, 0.3) is 11.3 Å². The summed E-state index contributed by atoms with van der Waals surface area (Å²) in [5.41, 5.74) is 6.99. The highest BCUT2D eigenvalue weighted by molar-refractivity contribution is 6.00. The number of rotatable bonds is 9. The van der Waals surface area contributed by atoms with E-state index in [1.165, 1.54) is 18.3 Å². The van der Waals surface area contributed by atoms with Crippen LogP contribution in [0.15, 0.2) is 30.5 Å². The van der Waals surface area contributed by atoms with E-state index >= 15 is 0 Å². The predicted molar refractivity (Wildman–Crippen MR) is 97.7 cm³/mol. The van der Waals surface area contributed by atoms with E-state index in [4.69, 9.17) is 5.73 Å². The summed E-state index contributed by atoms with van der Waals surface area (Å²) in [6.45, 7) is -0.502. The van der Waals surface area contributed by atoms with Crippen molar-refractivity contribution < 1.29 is 18.3 Å². The molecule has 0 fully saturated rings. The monoisotopic (exact) mass is 388 g/mol.